The first-order chi connectivity index (χ1) is 17.4. The summed E-state index contributed by atoms with van der Waals surface area (Å²) in [7, 11) is 0. The summed E-state index contributed by atoms with van der Waals surface area (Å²) in [6.45, 7) is 8.11. The van der Waals surface area contributed by atoms with Crippen molar-refractivity contribution >= 4 is 17.6 Å². The number of nitrogens with zero attached hydrogens (tertiary/aromatic N) is 3. The fourth-order valence-electron chi connectivity index (χ4n) is 4.79. The highest BCUT2D eigenvalue weighted by atomic mass is 16.2. The molecule has 2 amide bonds. The molecule has 36 heavy (non-hydrogen) atoms. The molecular weight excluding hydrogens is 450 g/mol. The summed E-state index contributed by atoms with van der Waals surface area (Å²) in [5.74, 6) is 0.376. The quantitative estimate of drug-likeness (QED) is 0.528. The molecule has 7 nitrogen and oxygen atoms in total. The van der Waals surface area contributed by atoms with E-state index < -0.39 is 0 Å². The third-order valence-corrected chi connectivity index (χ3v) is 7.06. The molecule has 2 heterocycles. The van der Waals surface area contributed by atoms with Crippen molar-refractivity contribution in [2.45, 2.75) is 46.2 Å². The Morgan fingerprint density at radius 2 is 1.67 bits per heavy atom. The van der Waals surface area contributed by atoms with Crippen LogP contribution in [-0.4, -0.2) is 47.0 Å². The number of amides is 2. The lowest BCUT2D eigenvalue weighted by molar-refractivity contribution is -0.117. The molecular formula is C29H33N5O2. The van der Waals surface area contributed by atoms with Crippen LogP contribution in [0.2, 0.25) is 0 Å². The SMILES string of the molecule is Cc1ccccc1C(=O)NC1CCN(CC(=O)Nc2c(C#N)c(C)c(C)n2Cc2ccccc2)CC1. The van der Waals surface area contributed by atoms with Crippen LogP contribution in [0.4, 0.5) is 5.82 Å². The summed E-state index contributed by atoms with van der Waals surface area (Å²) < 4.78 is 2.01. The summed E-state index contributed by atoms with van der Waals surface area (Å²) in [5.41, 5.74) is 5.13. The van der Waals surface area contributed by atoms with E-state index in [4.69, 9.17) is 0 Å². The molecule has 186 valence electrons. The van der Waals surface area contributed by atoms with Crippen molar-refractivity contribution in [3.63, 3.8) is 0 Å². The summed E-state index contributed by atoms with van der Waals surface area (Å²) in [6, 6.07) is 20.0. The van der Waals surface area contributed by atoms with E-state index >= 15 is 0 Å². The highest BCUT2D eigenvalue weighted by Gasteiger charge is 2.25. The minimum absolute atomic E-state index is 0.0433. The number of likely N-dealkylation sites (tertiary alicyclic amines) is 1. The fourth-order valence-corrected chi connectivity index (χ4v) is 4.79. The number of piperidine rings is 1. The van der Waals surface area contributed by atoms with Crippen LogP contribution < -0.4 is 10.6 Å². The lowest BCUT2D eigenvalue weighted by Crippen LogP contribution is -2.46. The van der Waals surface area contributed by atoms with Crippen LogP contribution in [-0.2, 0) is 11.3 Å². The van der Waals surface area contributed by atoms with Crippen molar-refractivity contribution in [2.24, 2.45) is 0 Å². The van der Waals surface area contributed by atoms with Gasteiger partial charge in [-0.2, -0.15) is 5.26 Å². The molecule has 2 aromatic carbocycles. The van der Waals surface area contributed by atoms with Crippen LogP contribution in [0, 0.1) is 32.1 Å². The van der Waals surface area contributed by atoms with Gasteiger partial charge in [-0.3, -0.25) is 14.5 Å². The van der Waals surface area contributed by atoms with Crippen molar-refractivity contribution in [1.29, 1.82) is 5.26 Å². The zero-order valence-corrected chi connectivity index (χ0v) is 21.2. The average molecular weight is 484 g/mol. The summed E-state index contributed by atoms with van der Waals surface area (Å²) in [6.07, 6.45) is 1.58. The zero-order chi connectivity index (χ0) is 25.7. The van der Waals surface area contributed by atoms with E-state index in [1.54, 1.807) is 0 Å². The zero-order valence-electron chi connectivity index (χ0n) is 21.2. The molecule has 2 N–H and O–H groups in total. The van der Waals surface area contributed by atoms with Gasteiger partial charge in [0.15, 0.2) is 0 Å². The maximum absolute atomic E-state index is 13.0. The Morgan fingerprint density at radius 3 is 2.33 bits per heavy atom. The van der Waals surface area contributed by atoms with Gasteiger partial charge in [0.05, 0.1) is 12.1 Å². The number of aryl methyl sites for hydroxylation is 1. The molecule has 1 saturated heterocycles. The molecule has 1 aliphatic heterocycles. The van der Waals surface area contributed by atoms with Crippen molar-refractivity contribution in [3.8, 4) is 6.07 Å². The highest BCUT2D eigenvalue weighted by Crippen LogP contribution is 2.27. The Hall–Kier alpha value is -3.89. The number of hydrogen-bond donors (Lipinski definition) is 2. The minimum Gasteiger partial charge on any atom is -0.349 e. The normalized spacial score (nSPS) is 14.3. The van der Waals surface area contributed by atoms with E-state index in [1.807, 2.05) is 79.9 Å². The number of nitriles is 1. The van der Waals surface area contributed by atoms with Crippen LogP contribution in [0.25, 0.3) is 0 Å². The molecule has 0 bridgehead atoms. The largest absolute Gasteiger partial charge is 0.349 e. The van der Waals surface area contributed by atoms with Gasteiger partial charge in [-0.25, -0.2) is 0 Å². The van der Waals surface area contributed by atoms with Gasteiger partial charge in [0, 0.05) is 36.9 Å². The van der Waals surface area contributed by atoms with E-state index in [-0.39, 0.29) is 24.4 Å². The van der Waals surface area contributed by atoms with E-state index in [0.717, 1.165) is 48.3 Å². The molecule has 0 saturated carbocycles. The molecule has 1 aliphatic rings. The molecule has 0 spiro atoms. The lowest BCUT2D eigenvalue weighted by atomic mass is 10.0. The second-order valence-electron chi connectivity index (χ2n) is 9.50. The van der Waals surface area contributed by atoms with Gasteiger partial charge in [-0.05, 0) is 56.4 Å². The van der Waals surface area contributed by atoms with E-state index in [0.29, 0.717) is 23.5 Å². The first-order valence-corrected chi connectivity index (χ1v) is 12.4. The van der Waals surface area contributed by atoms with Gasteiger partial charge in [0.25, 0.3) is 5.91 Å². The van der Waals surface area contributed by atoms with Gasteiger partial charge in [-0.1, -0.05) is 48.5 Å². The van der Waals surface area contributed by atoms with Gasteiger partial charge < -0.3 is 15.2 Å². The molecule has 0 aliphatic carbocycles. The molecule has 1 aromatic heterocycles. The van der Waals surface area contributed by atoms with E-state index in [2.05, 4.69) is 21.6 Å². The molecule has 0 unspecified atom stereocenters. The van der Waals surface area contributed by atoms with Gasteiger partial charge in [0.2, 0.25) is 5.91 Å². The van der Waals surface area contributed by atoms with Crippen molar-refractivity contribution in [1.82, 2.24) is 14.8 Å². The van der Waals surface area contributed by atoms with Gasteiger partial charge in [-0.15, -0.1) is 0 Å². The molecule has 4 rings (SSSR count). The van der Waals surface area contributed by atoms with Crippen LogP contribution >= 0.6 is 0 Å². The Kier molecular flexibility index (Phi) is 7.87. The third kappa shape index (κ3) is 5.67. The Morgan fingerprint density at radius 1 is 1.00 bits per heavy atom. The summed E-state index contributed by atoms with van der Waals surface area (Å²) in [5, 5.41) is 15.9. The predicted molar refractivity (Wildman–Crippen MR) is 141 cm³/mol. The summed E-state index contributed by atoms with van der Waals surface area (Å²) in [4.78, 5) is 27.7. The second kappa shape index (κ2) is 11.2. The Balaban J connectivity index is 1.36. The standard InChI is InChI=1S/C29H33N5O2/c1-20-9-7-8-12-25(20)29(36)31-24-13-15-33(16-14-24)19-27(35)32-28-26(17-30)21(2)22(3)34(28)18-23-10-5-4-6-11-23/h4-12,24H,13-16,18-19H2,1-3H3,(H,31,36)(H,32,35). The number of nitrogens with one attached hydrogen (secondary N) is 2. The maximum atomic E-state index is 13.0. The molecule has 0 atom stereocenters. The number of anilines is 1. The first kappa shape index (κ1) is 25.2. The molecule has 7 heteroatoms. The highest BCUT2D eigenvalue weighted by molar-refractivity contribution is 5.96. The number of rotatable bonds is 7. The van der Waals surface area contributed by atoms with Gasteiger partial charge >= 0.3 is 0 Å². The molecule has 1 fully saturated rings. The fraction of sp³-hybridized carbons (Fsp3) is 0.345. The van der Waals surface area contributed by atoms with E-state index in [1.165, 1.54) is 0 Å². The smallest absolute Gasteiger partial charge is 0.251 e. The Bertz CT molecular complexity index is 1280. The average Bonchev–Trinajstić information content (AvgIpc) is 3.09. The monoisotopic (exact) mass is 483 g/mol. The minimum atomic E-state index is -0.138. The number of carbonyl (C=O) groups is 2. The number of hydrogen-bond acceptors (Lipinski definition) is 4. The predicted octanol–water partition coefficient (Wildman–Crippen LogP) is 4.17. The second-order valence-corrected chi connectivity index (χ2v) is 9.50. The first-order valence-electron chi connectivity index (χ1n) is 12.4. The van der Waals surface area contributed by atoms with Crippen LogP contribution in [0.15, 0.2) is 54.6 Å². The Labute approximate surface area is 212 Å². The van der Waals surface area contributed by atoms with Crippen LogP contribution in [0.1, 0.15) is 51.1 Å². The third-order valence-electron chi connectivity index (χ3n) is 7.06. The lowest BCUT2D eigenvalue weighted by Gasteiger charge is -2.32. The number of benzene rings is 2. The molecule has 3 aromatic rings. The maximum Gasteiger partial charge on any atom is 0.251 e. The van der Waals surface area contributed by atoms with Crippen LogP contribution in [0.5, 0.6) is 0 Å². The van der Waals surface area contributed by atoms with Crippen LogP contribution in [0.3, 0.4) is 0 Å². The number of carbonyl (C=O) groups excluding carboxylic acids is 2. The van der Waals surface area contributed by atoms with Crippen molar-refractivity contribution in [2.75, 3.05) is 25.0 Å². The topological polar surface area (TPSA) is 90.2 Å². The number of aromatic nitrogens is 1. The van der Waals surface area contributed by atoms with E-state index in [9.17, 15) is 14.9 Å². The summed E-state index contributed by atoms with van der Waals surface area (Å²) >= 11 is 0. The molecule has 0 radical (unpaired) electrons. The van der Waals surface area contributed by atoms with Gasteiger partial charge in [0.1, 0.15) is 11.9 Å². The van der Waals surface area contributed by atoms with Crippen molar-refractivity contribution in [3.05, 3.63) is 88.1 Å². The van der Waals surface area contributed by atoms with Crippen molar-refractivity contribution < 1.29 is 9.59 Å².